The molecular formula is C20H22N4O5. The van der Waals surface area contributed by atoms with Crippen molar-refractivity contribution in [3.05, 3.63) is 78.9 Å². The van der Waals surface area contributed by atoms with E-state index in [-0.39, 0.29) is 27.1 Å². The standard InChI is InChI=1S/C11H12N2O3.C9H10N2O2/c1-8(14)12-6-5-10-9(7-12)3-2-4-11(10)13(15)16;12-11(13)9-3-1-2-7-6-10-5-4-8(7)9/h2-4H,5-7H2,1H3;1-3,10H,4-6H2. The molecule has 0 unspecified atom stereocenters. The smallest absolute Gasteiger partial charge is 0.272 e. The Morgan fingerprint density at radius 3 is 2.14 bits per heavy atom. The van der Waals surface area contributed by atoms with Gasteiger partial charge < -0.3 is 10.2 Å². The molecule has 0 saturated carbocycles. The first-order chi connectivity index (χ1) is 13.9. The van der Waals surface area contributed by atoms with E-state index in [0.717, 1.165) is 41.8 Å². The normalized spacial score (nSPS) is 14.7. The van der Waals surface area contributed by atoms with Crippen LogP contribution in [-0.2, 0) is 30.7 Å². The molecule has 0 radical (unpaired) electrons. The van der Waals surface area contributed by atoms with E-state index in [4.69, 9.17) is 0 Å². The van der Waals surface area contributed by atoms with Crippen LogP contribution in [0.1, 0.15) is 29.2 Å². The lowest BCUT2D eigenvalue weighted by atomic mass is 9.98. The van der Waals surface area contributed by atoms with E-state index in [1.54, 1.807) is 23.1 Å². The van der Waals surface area contributed by atoms with E-state index in [9.17, 15) is 25.0 Å². The second-order valence-electron chi connectivity index (χ2n) is 6.96. The third-order valence-corrected chi connectivity index (χ3v) is 5.20. The number of benzene rings is 2. The van der Waals surface area contributed by atoms with Gasteiger partial charge in [-0.2, -0.15) is 0 Å². The molecule has 0 saturated heterocycles. The van der Waals surface area contributed by atoms with Crippen LogP contribution in [0.4, 0.5) is 11.4 Å². The monoisotopic (exact) mass is 398 g/mol. The van der Waals surface area contributed by atoms with E-state index in [1.165, 1.54) is 13.0 Å². The molecular weight excluding hydrogens is 376 g/mol. The van der Waals surface area contributed by atoms with Crippen molar-refractivity contribution in [1.82, 2.24) is 10.2 Å². The van der Waals surface area contributed by atoms with Crippen LogP contribution >= 0.6 is 0 Å². The topological polar surface area (TPSA) is 119 Å². The summed E-state index contributed by atoms with van der Waals surface area (Å²) in [6, 6.07) is 10.3. The molecule has 9 heteroatoms. The van der Waals surface area contributed by atoms with Gasteiger partial charge in [0.25, 0.3) is 11.4 Å². The first-order valence-electron chi connectivity index (χ1n) is 9.35. The van der Waals surface area contributed by atoms with Crippen LogP contribution in [0.2, 0.25) is 0 Å². The highest BCUT2D eigenvalue weighted by Gasteiger charge is 2.24. The van der Waals surface area contributed by atoms with E-state index in [0.29, 0.717) is 19.5 Å². The fourth-order valence-corrected chi connectivity index (χ4v) is 3.71. The summed E-state index contributed by atoms with van der Waals surface area (Å²) < 4.78 is 0. The summed E-state index contributed by atoms with van der Waals surface area (Å²) in [4.78, 5) is 33.7. The Morgan fingerprint density at radius 2 is 1.55 bits per heavy atom. The van der Waals surface area contributed by atoms with Crippen molar-refractivity contribution >= 4 is 17.3 Å². The number of nitro benzene ring substituents is 2. The Labute approximate surface area is 167 Å². The highest BCUT2D eigenvalue weighted by atomic mass is 16.6. The van der Waals surface area contributed by atoms with Crippen LogP contribution in [0.5, 0.6) is 0 Å². The van der Waals surface area contributed by atoms with Crippen molar-refractivity contribution < 1.29 is 14.6 Å². The van der Waals surface area contributed by atoms with Gasteiger partial charge in [0.05, 0.1) is 9.85 Å². The molecule has 0 aliphatic carbocycles. The van der Waals surface area contributed by atoms with Crippen LogP contribution in [0.15, 0.2) is 36.4 Å². The number of nitro groups is 2. The number of nitrogens with one attached hydrogen (secondary N) is 1. The molecule has 2 aromatic carbocycles. The lowest BCUT2D eigenvalue weighted by molar-refractivity contribution is -0.385. The van der Waals surface area contributed by atoms with Crippen LogP contribution in [0.25, 0.3) is 0 Å². The Morgan fingerprint density at radius 1 is 0.966 bits per heavy atom. The first-order valence-corrected chi connectivity index (χ1v) is 9.35. The summed E-state index contributed by atoms with van der Waals surface area (Å²) in [6.07, 6.45) is 1.32. The molecule has 0 bridgehead atoms. The van der Waals surface area contributed by atoms with Crippen LogP contribution in [0, 0.1) is 20.2 Å². The van der Waals surface area contributed by atoms with Crippen molar-refractivity contribution in [2.75, 3.05) is 13.1 Å². The quantitative estimate of drug-likeness (QED) is 0.614. The molecule has 9 nitrogen and oxygen atoms in total. The van der Waals surface area contributed by atoms with Gasteiger partial charge in [-0.1, -0.05) is 24.3 Å². The molecule has 0 aromatic heterocycles. The lowest BCUT2D eigenvalue weighted by Gasteiger charge is -2.27. The van der Waals surface area contributed by atoms with Gasteiger partial charge in [-0.3, -0.25) is 25.0 Å². The number of carbonyl (C=O) groups excluding carboxylic acids is 1. The van der Waals surface area contributed by atoms with E-state index < -0.39 is 0 Å². The van der Waals surface area contributed by atoms with Crippen molar-refractivity contribution in [3.63, 3.8) is 0 Å². The first kappa shape index (κ1) is 20.4. The maximum Gasteiger partial charge on any atom is 0.272 e. The predicted octanol–water partition coefficient (Wildman–Crippen LogP) is 2.74. The zero-order valence-corrected chi connectivity index (χ0v) is 16.1. The zero-order chi connectivity index (χ0) is 21.0. The average Bonchev–Trinajstić information content (AvgIpc) is 2.72. The lowest BCUT2D eigenvalue weighted by Crippen LogP contribution is -2.34. The van der Waals surface area contributed by atoms with Gasteiger partial charge in [-0.25, -0.2) is 0 Å². The summed E-state index contributed by atoms with van der Waals surface area (Å²) in [5.74, 6) is 0.0113. The van der Waals surface area contributed by atoms with Crippen LogP contribution < -0.4 is 5.32 Å². The van der Waals surface area contributed by atoms with Gasteiger partial charge in [-0.15, -0.1) is 0 Å². The molecule has 2 aliphatic heterocycles. The van der Waals surface area contributed by atoms with Gasteiger partial charge in [0.15, 0.2) is 0 Å². The maximum atomic E-state index is 11.2. The third-order valence-electron chi connectivity index (χ3n) is 5.20. The van der Waals surface area contributed by atoms with Gasteiger partial charge in [0.2, 0.25) is 5.91 Å². The summed E-state index contributed by atoms with van der Waals surface area (Å²) >= 11 is 0. The largest absolute Gasteiger partial charge is 0.338 e. The minimum absolute atomic E-state index is 0.0113. The summed E-state index contributed by atoms with van der Waals surface area (Å²) in [7, 11) is 0. The number of hydrogen-bond donors (Lipinski definition) is 1. The minimum atomic E-state index is -0.359. The molecule has 0 atom stereocenters. The van der Waals surface area contributed by atoms with Gasteiger partial charge >= 0.3 is 0 Å². The van der Waals surface area contributed by atoms with Crippen LogP contribution in [-0.4, -0.2) is 33.7 Å². The fraction of sp³-hybridized carbons (Fsp3) is 0.350. The highest BCUT2D eigenvalue weighted by Crippen LogP contribution is 2.27. The molecule has 152 valence electrons. The van der Waals surface area contributed by atoms with Crippen molar-refractivity contribution in [2.24, 2.45) is 0 Å². The Bertz CT molecular complexity index is 960. The molecule has 0 fully saturated rings. The summed E-state index contributed by atoms with van der Waals surface area (Å²) in [5.41, 5.74) is 4.03. The Kier molecular flexibility index (Phi) is 6.18. The van der Waals surface area contributed by atoms with Gasteiger partial charge in [-0.05, 0) is 30.5 Å². The van der Waals surface area contributed by atoms with E-state index >= 15 is 0 Å². The number of rotatable bonds is 2. The summed E-state index contributed by atoms with van der Waals surface area (Å²) in [6.45, 7) is 4.14. The Hall–Kier alpha value is -3.33. The second-order valence-corrected chi connectivity index (χ2v) is 6.96. The van der Waals surface area contributed by atoms with Gasteiger partial charge in [0.1, 0.15) is 0 Å². The molecule has 2 heterocycles. The number of hydrogen-bond acceptors (Lipinski definition) is 6. The van der Waals surface area contributed by atoms with E-state index in [2.05, 4.69) is 5.32 Å². The molecule has 4 rings (SSSR count). The number of nitrogens with zero attached hydrogens (tertiary/aromatic N) is 3. The third kappa shape index (κ3) is 4.57. The number of carbonyl (C=O) groups is 1. The minimum Gasteiger partial charge on any atom is -0.338 e. The number of fused-ring (bicyclic) bond motifs is 2. The second kappa shape index (κ2) is 8.78. The number of amides is 1. The van der Waals surface area contributed by atoms with Crippen molar-refractivity contribution in [1.29, 1.82) is 0 Å². The zero-order valence-electron chi connectivity index (χ0n) is 16.1. The predicted molar refractivity (Wildman–Crippen MR) is 106 cm³/mol. The molecule has 0 spiro atoms. The highest BCUT2D eigenvalue weighted by molar-refractivity contribution is 5.73. The molecule has 2 aromatic rings. The van der Waals surface area contributed by atoms with Crippen LogP contribution in [0.3, 0.4) is 0 Å². The van der Waals surface area contributed by atoms with E-state index in [1.807, 2.05) is 12.1 Å². The Balaban J connectivity index is 0.000000169. The van der Waals surface area contributed by atoms with Crippen molar-refractivity contribution in [2.45, 2.75) is 32.9 Å². The SMILES string of the molecule is CC(=O)N1CCc2c(cccc2[N+](=O)[O-])C1.O=[N+]([O-])c1cccc2c1CCNC2. The average molecular weight is 398 g/mol. The van der Waals surface area contributed by atoms with Crippen molar-refractivity contribution in [3.8, 4) is 0 Å². The summed E-state index contributed by atoms with van der Waals surface area (Å²) in [5, 5.41) is 24.7. The van der Waals surface area contributed by atoms with Gasteiger partial charge in [0, 0.05) is 49.8 Å². The molecule has 2 aliphatic rings. The maximum absolute atomic E-state index is 11.2. The fourth-order valence-electron chi connectivity index (χ4n) is 3.71. The molecule has 1 N–H and O–H groups in total. The molecule has 29 heavy (non-hydrogen) atoms. The molecule has 1 amide bonds.